The van der Waals surface area contributed by atoms with E-state index in [0.29, 0.717) is 22.2 Å². The van der Waals surface area contributed by atoms with Crippen LogP contribution in [-0.2, 0) is 0 Å². The monoisotopic (exact) mass is 450 g/mol. The van der Waals surface area contributed by atoms with E-state index in [9.17, 15) is 5.26 Å². The molecule has 0 saturated carbocycles. The van der Waals surface area contributed by atoms with Gasteiger partial charge < -0.3 is 10.2 Å². The SMILES string of the molecule is Cc1nsc(N2CCC(Nc3nc4c(-c5cc(C#N)ccc5Cl)cccn4n3)CC2)n1. The first kappa shape index (κ1) is 19.7. The van der Waals surface area contributed by atoms with Crippen molar-refractivity contribution in [3.8, 4) is 17.2 Å². The molecule has 0 unspecified atom stereocenters. The molecule has 0 amide bonds. The molecule has 4 aromatic rings. The number of hydrogen-bond acceptors (Lipinski definition) is 8. The molecule has 1 aliphatic heterocycles. The summed E-state index contributed by atoms with van der Waals surface area (Å²) >= 11 is 7.87. The molecular weight excluding hydrogens is 432 g/mol. The molecule has 0 bridgehead atoms. The van der Waals surface area contributed by atoms with Crippen molar-refractivity contribution in [1.82, 2.24) is 24.0 Å². The van der Waals surface area contributed by atoms with E-state index in [1.165, 1.54) is 11.5 Å². The summed E-state index contributed by atoms with van der Waals surface area (Å²) in [4.78, 5) is 11.5. The fraction of sp³-hybridized carbons (Fsp3) is 0.286. The highest BCUT2D eigenvalue weighted by molar-refractivity contribution is 7.09. The average molecular weight is 451 g/mol. The van der Waals surface area contributed by atoms with Crippen LogP contribution < -0.4 is 10.2 Å². The second-order valence-electron chi connectivity index (χ2n) is 7.46. The van der Waals surface area contributed by atoms with Gasteiger partial charge in [0.1, 0.15) is 5.82 Å². The molecule has 4 heterocycles. The van der Waals surface area contributed by atoms with Crippen molar-refractivity contribution in [2.75, 3.05) is 23.3 Å². The van der Waals surface area contributed by atoms with Crippen molar-refractivity contribution in [3.63, 3.8) is 0 Å². The highest BCUT2D eigenvalue weighted by Gasteiger charge is 2.23. The molecule has 0 spiro atoms. The van der Waals surface area contributed by atoms with Gasteiger partial charge in [-0.1, -0.05) is 11.6 Å². The standard InChI is InChI=1S/C21H19ClN8S/c1-13-24-21(31-28-13)29-9-6-15(7-10-29)25-20-26-19-16(3-2-8-30(19)27-20)17-11-14(12-23)4-5-18(17)22/h2-5,8,11,15H,6-7,9-10H2,1H3,(H,25,27). The second kappa shape index (κ2) is 8.13. The van der Waals surface area contributed by atoms with Gasteiger partial charge in [0, 0.05) is 53.0 Å². The Morgan fingerprint density at radius 1 is 1.19 bits per heavy atom. The number of nitrogens with zero attached hydrogens (tertiary/aromatic N) is 7. The van der Waals surface area contributed by atoms with Crippen LogP contribution in [0.2, 0.25) is 5.02 Å². The van der Waals surface area contributed by atoms with Gasteiger partial charge in [-0.15, -0.1) is 5.10 Å². The number of aryl methyl sites for hydroxylation is 1. The van der Waals surface area contributed by atoms with Crippen LogP contribution in [0, 0.1) is 18.3 Å². The Morgan fingerprint density at radius 3 is 2.77 bits per heavy atom. The molecule has 1 fully saturated rings. The minimum Gasteiger partial charge on any atom is -0.350 e. The second-order valence-corrected chi connectivity index (χ2v) is 8.60. The van der Waals surface area contributed by atoms with Crippen LogP contribution in [0.15, 0.2) is 36.5 Å². The van der Waals surface area contributed by atoms with E-state index < -0.39 is 0 Å². The van der Waals surface area contributed by atoms with Crippen molar-refractivity contribution >= 4 is 39.9 Å². The van der Waals surface area contributed by atoms with Crippen LogP contribution >= 0.6 is 23.1 Å². The van der Waals surface area contributed by atoms with Crippen LogP contribution in [0.3, 0.4) is 0 Å². The molecule has 1 aromatic carbocycles. The van der Waals surface area contributed by atoms with Gasteiger partial charge in [-0.25, -0.2) is 9.50 Å². The number of pyridine rings is 1. The van der Waals surface area contributed by atoms with Crippen molar-refractivity contribution in [2.24, 2.45) is 0 Å². The molecule has 0 atom stereocenters. The summed E-state index contributed by atoms with van der Waals surface area (Å²) in [7, 11) is 0. The topological polar surface area (TPSA) is 95.0 Å². The summed E-state index contributed by atoms with van der Waals surface area (Å²) in [6.45, 7) is 3.75. The molecule has 31 heavy (non-hydrogen) atoms. The summed E-state index contributed by atoms with van der Waals surface area (Å²) in [5.41, 5.74) is 2.86. The fourth-order valence-electron chi connectivity index (χ4n) is 3.79. The Kier molecular flexibility index (Phi) is 5.18. The van der Waals surface area contributed by atoms with Crippen LogP contribution in [0.5, 0.6) is 0 Å². The zero-order valence-corrected chi connectivity index (χ0v) is 18.4. The maximum atomic E-state index is 9.25. The Bertz CT molecular complexity index is 1280. The Hall–Kier alpha value is -3.22. The zero-order valence-electron chi connectivity index (χ0n) is 16.8. The Morgan fingerprint density at radius 2 is 2.03 bits per heavy atom. The van der Waals surface area contributed by atoms with E-state index in [2.05, 4.69) is 30.7 Å². The van der Waals surface area contributed by atoms with Gasteiger partial charge >= 0.3 is 0 Å². The summed E-state index contributed by atoms with van der Waals surface area (Å²) < 4.78 is 6.02. The van der Waals surface area contributed by atoms with E-state index in [1.807, 2.05) is 25.3 Å². The number of halogens is 1. The van der Waals surface area contributed by atoms with Gasteiger partial charge in [-0.05, 0) is 50.1 Å². The highest BCUT2D eigenvalue weighted by Crippen LogP contribution is 2.32. The van der Waals surface area contributed by atoms with Crippen molar-refractivity contribution in [3.05, 3.63) is 52.9 Å². The van der Waals surface area contributed by atoms with Gasteiger partial charge in [-0.2, -0.15) is 14.6 Å². The third-order valence-electron chi connectivity index (χ3n) is 5.36. The van der Waals surface area contributed by atoms with Gasteiger partial charge in [-0.3, -0.25) is 0 Å². The molecule has 1 saturated heterocycles. The largest absolute Gasteiger partial charge is 0.350 e. The third kappa shape index (κ3) is 3.92. The van der Waals surface area contributed by atoms with Gasteiger partial charge in [0.25, 0.3) is 0 Å². The predicted molar refractivity (Wildman–Crippen MR) is 122 cm³/mol. The Labute approximate surface area is 188 Å². The van der Waals surface area contributed by atoms with Gasteiger partial charge in [0.2, 0.25) is 11.1 Å². The Balaban J connectivity index is 1.36. The number of anilines is 2. The molecule has 5 rings (SSSR count). The smallest absolute Gasteiger partial charge is 0.243 e. The number of aromatic nitrogens is 5. The average Bonchev–Trinajstić information content (AvgIpc) is 3.40. The number of nitriles is 1. The van der Waals surface area contributed by atoms with E-state index in [-0.39, 0.29) is 6.04 Å². The summed E-state index contributed by atoms with van der Waals surface area (Å²) in [6.07, 6.45) is 3.80. The summed E-state index contributed by atoms with van der Waals surface area (Å²) in [5, 5.41) is 18.9. The quantitative estimate of drug-likeness (QED) is 0.498. The van der Waals surface area contributed by atoms with E-state index in [4.69, 9.17) is 16.6 Å². The number of rotatable bonds is 4. The normalized spacial score (nSPS) is 14.7. The lowest BCUT2D eigenvalue weighted by atomic mass is 10.0. The van der Waals surface area contributed by atoms with Gasteiger partial charge in [0.15, 0.2) is 5.65 Å². The maximum absolute atomic E-state index is 9.25. The predicted octanol–water partition coefficient (Wildman–Crippen LogP) is 4.16. The molecule has 8 nitrogen and oxygen atoms in total. The van der Waals surface area contributed by atoms with E-state index >= 15 is 0 Å². The lowest BCUT2D eigenvalue weighted by molar-refractivity contribution is 0.523. The van der Waals surface area contributed by atoms with Crippen LogP contribution in [0.1, 0.15) is 24.2 Å². The molecule has 10 heteroatoms. The first-order chi connectivity index (χ1) is 15.1. The van der Waals surface area contributed by atoms with Gasteiger partial charge in [0.05, 0.1) is 11.6 Å². The first-order valence-corrected chi connectivity index (χ1v) is 11.1. The number of nitrogens with one attached hydrogen (secondary N) is 1. The summed E-state index contributed by atoms with van der Waals surface area (Å²) in [6, 6.07) is 11.5. The minimum atomic E-state index is 0.289. The lowest BCUT2D eigenvalue weighted by Crippen LogP contribution is -2.39. The minimum absolute atomic E-state index is 0.289. The van der Waals surface area contributed by atoms with Crippen molar-refractivity contribution in [2.45, 2.75) is 25.8 Å². The number of fused-ring (bicyclic) bond motifs is 1. The molecule has 1 aliphatic rings. The fourth-order valence-corrected chi connectivity index (χ4v) is 4.74. The van der Waals surface area contributed by atoms with Crippen LogP contribution in [0.4, 0.5) is 11.1 Å². The molecule has 1 N–H and O–H groups in total. The molecule has 0 radical (unpaired) electrons. The first-order valence-electron chi connectivity index (χ1n) is 9.98. The molecule has 156 valence electrons. The van der Waals surface area contributed by atoms with Crippen LogP contribution in [0.25, 0.3) is 16.8 Å². The summed E-state index contributed by atoms with van der Waals surface area (Å²) in [5.74, 6) is 1.41. The van der Waals surface area contributed by atoms with E-state index in [1.54, 1.807) is 22.7 Å². The zero-order chi connectivity index (χ0) is 21.4. The number of hydrogen-bond donors (Lipinski definition) is 1. The number of benzene rings is 1. The molecule has 0 aliphatic carbocycles. The van der Waals surface area contributed by atoms with E-state index in [0.717, 1.165) is 48.0 Å². The third-order valence-corrected chi connectivity index (χ3v) is 6.56. The maximum Gasteiger partial charge on any atom is 0.243 e. The van der Waals surface area contributed by atoms with Crippen molar-refractivity contribution < 1.29 is 0 Å². The highest BCUT2D eigenvalue weighted by atomic mass is 35.5. The van der Waals surface area contributed by atoms with Crippen molar-refractivity contribution in [1.29, 1.82) is 5.26 Å². The number of piperidine rings is 1. The molecule has 3 aromatic heterocycles. The lowest BCUT2D eigenvalue weighted by Gasteiger charge is -2.31. The van der Waals surface area contributed by atoms with Crippen LogP contribution in [-0.4, -0.2) is 43.1 Å². The molecular formula is C21H19ClN8S.